The zero-order valence-electron chi connectivity index (χ0n) is 18.4. The highest BCUT2D eigenvalue weighted by molar-refractivity contribution is 7.88. The van der Waals surface area contributed by atoms with Gasteiger partial charge in [-0.25, -0.2) is 22.8 Å². The Morgan fingerprint density at radius 3 is 2.58 bits per heavy atom. The average Bonchev–Trinajstić information content (AvgIpc) is 3.36. The molecule has 0 saturated carbocycles. The van der Waals surface area contributed by atoms with E-state index < -0.39 is 10.0 Å². The summed E-state index contributed by atoms with van der Waals surface area (Å²) in [5, 5.41) is 4.68. The maximum absolute atomic E-state index is 13.0. The molecule has 0 aliphatic carbocycles. The normalized spacial score (nSPS) is 11.8. The number of hydrogen-bond donors (Lipinski definition) is 1. The van der Waals surface area contributed by atoms with E-state index in [1.807, 2.05) is 26.0 Å². The van der Waals surface area contributed by atoms with Crippen molar-refractivity contribution in [2.24, 2.45) is 0 Å². The fourth-order valence-corrected chi connectivity index (χ4v) is 4.99. The molecular formula is C22H23N5O4S2. The van der Waals surface area contributed by atoms with Gasteiger partial charge in [0.2, 0.25) is 10.0 Å². The molecule has 9 nitrogen and oxygen atoms in total. The van der Waals surface area contributed by atoms with Gasteiger partial charge in [-0.2, -0.15) is 5.10 Å². The minimum Gasteiger partial charge on any atom is -0.291 e. The van der Waals surface area contributed by atoms with Crippen LogP contribution in [0.4, 0.5) is 0 Å². The van der Waals surface area contributed by atoms with Gasteiger partial charge in [-0.15, -0.1) is 11.3 Å². The number of carbonyl (C=O) groups is 1. The van der Waals surface area contributed by atoms with E-state index >= 15 is 0 Å². The van der Waals surface area contributed by atoms with Crippen LogP contribution in [-0.4, -0.2) is 46.3 Å². The van der Waals surface area contributed by atoms with Crippen LogP contribution in [0, 0.1) is 13.8 Å². The van der Waals surface area contributed by atoms with Crippen molar-refractivity contribution < 1.29 is 13.2 Å². The topological polar surface area (TPSA) is 116 Å². The average molecular weight is 486 g/mol. The number of ketones is 1. The minimum atomic E-state index is -3.25. The van der Waals surface area contributed by atoms with Crippen LogP contribution in [0.25, 0.3) is 16.7 Å². The van der Waals surface area contributed by atoms with Crippen molar-refractivity contribution in [3.63, 3.8) is 0 Å². The van der Waals surface area contributed by atoms with E-state index in [1.165, 1.54) is 28.4 Å². The third-order valence-electron chi connectivity index (χ3n) is 4.99. The first-order chi connectivity index (χ1) is 15.6. The third-order valence-corrected chi connectivity index (χ3v) is 6.91. The first kappa shape index (κ1) is 23.0. The third kappa shape index (κ3) is 5.27. The first-order valence-corrected chi connectivity index (χ1v) is 12.9. The van der Waals surface area contributed by atoms with E-state index in [4.69, 9.17) is 0 Å². The summed E-state index contributed by atoms with van der Waals surface area (Å²) in [6, 6.07) is 9.48. The second kappa shape index (κ2) is 9.00. The van der Waals surface area contributed by atoms with Crippen LogP contribution in [0.3, 0.4) is 0 Å². The number of aryl methyl sites for hydroxylation is 2. The van der Waals surface area contributed by atoms with Crippen molar-refractivity contribution in [3.05, 3.63) is 74.1 Å². The molecular weight excluding hydrogens is 462 g/mol. The Hall–Kier alpha value is -3.15. The summed E-state index contributed by atoms with van der Waals surface area (Å²) in [6.45, 7) is 4.11. The van der Waals surface area contributed by atoms with Gasteiger partial charge in [0.15, 0.2) is 11.4 Å². The van der Waals surface area contributed by atoms with E-state index in [2.05, 4.69) is 20.9 Å². The predicted molar refractivity (Wildman–Crippen MR) is 128 cm³/mol. The largest absolute Gasteiger partial charge is 0.291 e. The molecule has 4 rings (SSSR count). The summed E-state index contributed by atoms with van der Waals surface area (Å²) < 4.78 is 27.7. The number of aromatic nitrogens is 4. The Bertz CT molecular complexity index is 1500. The number of carbonyl (C=O) groups excluding carboxylic acids is 1. The maximum Gasteiger partial charge on any atom is 0.264 e. The SMILES string of the molecule is Cc1cc(C)cc(-n2ncc3c(=O)n(CC(=O)c4ccc(CCNS(C)(=O)=O)s4)cnc32)c1. The summed E-state index contributed by atoms with van der Waals surface area (Å²) in [5.74, 6) is -0.215. The number of nitrogens with zero attached hydrogens (tertiary/aromatic N) is 4. The van der Waals surface area contributed by atoms with Crippen LogP contribution in [0.15, 0.2) is 47.7 Å². The molecule has 1 aromatic carbocycles. The van der Waals surface area contributed by atoms with Crippen molar-refractivity contribution in [2.75, 3.05) is 12.8 Å². The zero-order valence-corrected chi connectivity index (χ0v) is 20.0. The summed E-state index contributed by atoms with van der Waals surface area (Å²) >= 11 is 1.29. The number of hydrogen-bond acceptors (Lipinski definition) is 7. The van der Waals surface area contributed by atoms with E-state index in [0.717, 1.165) is 27.9 Å². The fourth-order valence-electron chi connectivity index (χ4n) is 3.58. The van der Waals surface area contributed by atoms with Crippen molar-refractivity contribution in [1.29, 1.82) is 0 Å². The molecule has 4 aromatic rings. The first-order valence-electron chi connectivity index (χ1n) is 10.2. The minimum absolute atomic E-state index is 0.141. The van der Waals surface area contributed by atoms with Crippen LogP contribution >= 0.6 is 11.3 Å². The predicted octanol–water partition coefficient (Wildman–Crippen LogP) is 2.24. The molecule has 0 unspecified atom stereocenters. The molecule has 0 saturated heterocycles. The molecule has 33 heavy (non-hydrogen) atoms. The van der Waals surface area contributed by atoms with Crippen LogP contribution < -0.4 is 10.3 Å². The fraction of sp³-hybridized carbons (Fsp3) is 0.273. The lowest BCUT2D eigenvalue weighted by molar-refractivity contribution is 0.0974. The second-order valence-electron chi connectivity index (χ2n) is 7.92. The van der Waals surface area contributed by atoms with Gasteiger partial charge in [0.25, 0.3) is 5.56 Å². The van der Waals surface area contributed by atoms with Crippen molar-refractivity contribution in [1.82, 2.24) is 24.1 Å². The van der Waals surface area contributed by atoms with Gasteiger partial charge in [0.05, 0.1) is 29.6 Å². The summed E-state index contributed by atoms with van der Waals surface area (Å²) in [7, 11) is -3.25. The number of Topliss-reactive ketones (excluding diaryl/α,β-unsaturated/α-hetero) is 1. The van der Waals surface area contributed by atoms with Gasteiger partial charge in [-0.3, -0.25) is 14.2 Å². The molecule has 0 amide bonds. The Balaban J connectivity index is 1.53. The van der Waals surface area contributed by atoms with E-state index in [1.54, 1.807) is 16.8 Å². The lowest BCUT2D eigenvalue weighted by Gasteiger charge is -2.07. The summed E-state index contributed by atoms with van der Waals surface area (Å²) in [4.78, 5) is 31.5. The zero-order chi connectivity index (χ0) is 23.8. The molecule has 172 valence electrons. The van der Waals surface area contributed by atoms with Gasteiger partial charge in [-0.05, 0) is 55.7 Å². The van der Waals surface area contributed by atoms with Gasteiger partial charge in [0, 0.05) is 11.4 Å². The van der Waals surface area contributed by atoms with Gasteiger partial charge >= 0.3 is 0 Å². The highest BCUT2D eigenvalue weighted by Crippen LogP contribution is 2.19. The van der Waals surface area contributed by atoms with Gasteiger partial charge in [0.1, 0.15) is 11.7 Å². The van der Waals surface area contributed by atoms with Gasteiger partial charge < -0.3 is 0 Å². The standard InChI is InChI=1S/C22H23N5O4S2/c1-14-8-15(2)10-16(9-14)27-21-18(11-24-27)22(29)26(13-23-21)12-19(28)20-5-4-17(32-20)6-7-25-33(3,30)31/h4-5,8-11,13,25H,6-7,12H2,1-3H3. The molecule has 0 aliphatic heterocycles. The lowest BCUT2D eigenvalue weighted by Crippen LogP contribution is -2.24. The number of fused-ring (bicyclic) bond motifs is 1. The lowest BCUT2D eigenvalue weighted by atomic mass is 10.1. The maximum atomic E-state index is 13.0. The van der Waals surface area contributed by atoms with Crippen molar-refractivity contribution in [3.8, 4) is 5.69 Å². The smallest absolute Gasteiger partial charge is 0.264 e. The Morgan fingerprint density at radius 1 is 1.15 bits per heavy atom. The summed E-state index contributed by atoms with van der Waals surface area (Å²) in [6.07, 6.45) is 4.43. The molecule has 3 aromatic heterocycles. The highest BCUT2D eigenvalue weighted by Gasteiger charge is 2.16. The number of nitrogens with one attached hydrogen (secondary N) is 1. The van der Waals surface area contributed by atoms with Crippen molar-refractivity contribution >= 4 is 38.2 Å². The Labute approximate surface area is 194 Å². The Morgan fingerprint density at radius 2 is 1.88 bits per heavy atom. The molecule has 0 radical (unpaired) electrons. The number of sulfonamides is 1. The van der Waals surface area contributed by atoms with Crippen LogP contribution in [0.5, 0.6) is 0 Å². The number of rotatable bonds is 8. The Kier molecular flexibility index (Phi) is 6.28. The van der Waals surface area contributed by atoms with E-state index in [9.17, 15) is 18.0 Å². The molecule has 0 bridgehead atoms. The van der Waals surface area contributed by atoms with Crippen LogP contribution in [0.2, 0.25) is 0 Å². The molecule has 11 heteroatoms. The van der Waals surface area contributed by atoms with E-state index in [0.29, 0.717) is 22.3 Å². The summed E-state index contributed by atoms with van der Waals surface area (Å²) in [5.41, 5.74) is 3.08. The molecule has 0 spiro atoms. The monoisotopic (exact) mass is 485 g/mol. The van der Waals surface area contributed by atoms with Crippen molar-refractivity contribution in [2.45, 2.75) is 26.8 Å². The number of thiophene rings is 1. The second-order valence-corrected chi connectivity index (χ2v) is 10.9. The molecule has 0 aliphatic rings. The molecule has 1 N–H and O–H groups in total. The van der Waals surface area contributed by atoms with E-state index in [-0.39, 0.29) is 24.4 Å². The molecule has 0 fully saturated rings. The quantitative estimate of drug-likeness (QED) is 0.383. The molecule has 0 atom stereocenters. The highest BCUT2D eigenvalue weighted by atomic mass is 32.2. The number of benzene rings is 1. The van der Waals surface area contributed by atoms with Crippen LogP contribution in [0.1, 0.15) is 25.7 Å². The van der Waals surface area contributed by atoms with Crippen LogP contribution in [-0.2, 0) is 23.0 Å². The molecule has 3 heterocycles. The van der Waals surface area contributed by atoms with Gasteiger partial charge in [-0.1, -0.05) is 6.07 Å².